The van der Waals surface area contributed by atoms with E-state index in [0.717, 1.165) is 44.0 Å². The minimum atomic E-state index is -0.0199. The Balaban J connectivity index is 1.62. The number of nitrogens with two attached hydrogens (primary N) is 1. The minimum Gasteiger partial charge on any atom is -0.384 e. The van der Waals surface area contributed by atoms with Gasteiger partial charge in [0, 0.05) is 37.9 Å². The standard InChI is InChI=1S/C19H21N5O2/c20-18-4-2-15(12-21-18)14-1-3-17-16(11-14)19(25)24(13-22-17)6-5-23-7-9-26-10-8-23/h1-4,11-13H,5-10H2,(H2,20,21). The van der Waals surface area contributed by atoms with E-state index in [1.54, 1.807) is 23.2 Å². The first-order valence-electron chi connectivity index (χ1n) is 8.72. The molecule has 26 heavy (non-hydrogen) atoms. The van der Waals surface area contributed by atoms with Crippen LogP contribution in [0, 0.1) is 0 Å². The van der Waals surface area contributed by atoms with Crippen molar-refractivity contribution in [2.45, 2.75) is 6.54 Å². The number of nitrogen functional groups attached to an aromatic ring is 1. The predicted octanol–water partition coefficient (Wildman–Crippen LogP) is 1.37. The van der Waals surface area contributed by atoms with E-state index < -0.39 is 0 Å². The number of fused-ring (bicyclic) bond motifs is 1. The van der Waals surface area contributed by atoms with Crippen molar-refractivity contribution in [2.24, 2.45) is 0 Å². The normalized spacial score (nSPS) is 15.4. The third-order valence-electron chi connectivity index (χ3n) is 4.70. The molecule has 3 aromatic rings. The fourth-order valence-corrected chi connectivity index (χ4v) is 3.15. The van der Waals surface area contributed by atoms with E-state index in [9.17, 15) is 4.79 Å². The first-order valence-corrected chi connectivity index (χ1v) is 8.72. The van der Waals surface area contributed by atoms with E-state index >= 15 is 0 Å². The Hall–Kier alpha value is -2.77. The zero-order valence-electron chi connectivity index (χ0n) is 14.5. The molecule has 1 aliphatic heterocycles. The number of morpholine rings is 1. The minimum absolute atomic E-state index is 0.0199. The molecule has 0 unspecified atom stereocenters. The van der Waals surface area contributed by atoms with Gasteiger partial charge in [-0.25, -0.2) is 9.97 Å². The van der Waals surface area contributed by atoms with Crippen LogP contribution in [0.1, 0.15) is 0 Å². The van der Waals surface area contributed by atoms with Crippen LogP contribution in [0.4, 0.5) is 5.82 Å². The maximum Gasteiger partial charge on any atom is 0.261 e. The lowest BCUT2D eigenvalue weighted by Crippen LogP contribution is -2.39. The zero-order valence-corrected chi connectivity index (χ0v) is 14.5. The summed E-state index contributed by atoms with van der Waals surface area (Å²) in [4.78, 5) is 23.7. The molecule has 134 valence electrons. The van der Waals surface area contributed by atoms with Gasteiger partial charge in [0.1, 0.15) is 5.82 Å². The highest BCUT2D eigenvalue weighted by Crippen LogP contribution is 2.21. The van der Waals surface area contributed by atoms with Gasteiger partial charge < -0.3 is 10.5 Å². The van der Waals surface area contributed by atoms with Crippen LogP contribution in [0.2, 0.25) is 0 Å². The smallest absolute Gasteiger partial charge is 0.261 e. The van der Waals surface area contributed by atoms with Crippen molar-refractivity contribution >= 4 is 16.7 Å². The fourth-order valence-electron chi connectivity index (χ4n) is 3.15. The van der Waals surface area contributed by atoms with Gasteiger partial charge in [-0.2, -0.15) is 0 Å². The highest BCUT2D eigenvalue weighted by Gasteiger charge is 2.11. The summed E-state index contributed by atoms with van der Waals surface area (Å²) in [5, 5.41) is 0.615. The first-order chi connectivity index (χ1) is 12.7. The van der Waals surface area contributed by atoms with Gasteiger partial charge in [-0.05, 0) is 29.8 Å². The van der Waals surface area contributed by atoms with Crippen LogP contribution >= 0.6 is 0 Å². The van der Waals surface area contributed by atoms with Gasteiger partial charge in [0.15, 0.2) is 0 Å². The van der Waals surface area contributed by atoms with Crippen LogP contribution in [0.25, 0.3) is 22.0 Å². The van der Waals surface area contributed by atoms with Crippen molar-refractivity contribution in [3.05, 3.63) is 53.2 Å². The molecular weight excluding hydrogens is 330 g/mol. The van der Waals surface area contributed by atoms with Crippen LogP contribution < -0.4 is 11.3 Å². The molecule has 1 aromatic carbocycles. The highest BCUT2D eigenvalue weighted by molar-refractivity contribution is 5.83. The van der Waals surface area contributed by atoms with E-state index in [1.807, 2.05) is 24.3 Å². The summed E-state index contributed by atoms with van der Waals surface area (Å²) in [6.07, 6.45) is 3.35. The van der Waals surface area contributed by atoms with E-state index in [-0.39, 0.29) is 5.56 Å². The summed E-state index contributed by atoms with van der Waals surface area (Å²) in [5.41, 5.74) is 8.17. The summed E-state index contributed by atoms with van der Waals surface area (Å²) < 4.78 is 7.04. The summed E-state index contributed by atoms with van der Waals surface area (Å²) in [6.45, 7) is 4.76. The number of rotatable bonds is 4. The van der Waals surface area contributed by atoms with Crippen LogP contribution in [0.3, 0.4) is 0 Å². The average Bonchev–Trinajstić information content (AvgIpc) is 2.69. The quantitative estimate of drug-likeness (QED) is 0.764. The van der Waals surface area contributed by atoms with Crippen LogP contribution in [0.15, 0.2) is 47.7 Å². The molecule has 0 bridgehead atoms. The van der Waals surface area contributed by atoms with E-state index in [4.69, 9.17) is 10.5 Å². The molecule has 0 amide bonds. The largest absolute Gasteiger partial charge is 0.384 e. The lowest BCUT2D eigenvalue weighted by atomic mass is 10.1. The van der Waals surface area contributed by atoms with Crippen molar-refractivity contribution < 1.29 is 4.74 Å². The molecule has 0 radical (unpaired) electrons. The van der Waals surface area contributed by atoms with Gasteiger partial charge in [0.25, 0.3) is 5.56 Å². The second kappa shape index (κ2) is 7.23. The Morgan fingerprint density at radius 1 is 1.04 bits per heavy atom. The number of aromatic nitrogens is 3. The monoisotopic (exact) mass is 351 g/mol. The molecule has 3 heterocycles. The highest BCUT2D eigenvalue weighted by atomic mass is 16.5. The second-order valence-corrected chi connectivity index (χ2v) is 6.40. The molecule has 0 atom stereocenters. The van der Waals surface area contributed by atoms with Crippen molar-refractivity contribution in [1.82, 2.24) is 19.4 Å². The Morgan fingerprint density at radius 2 is 1.85 bits per heavy atom. The van der Waals surface area contributed by atoms with Gasteiger partial charge >= 0.3 is 0 Å². The predicted molar refractivity (Wildman–Crippen MR) is 101 cm³/mol. The van der Waals surface area contributed by atoms with Crippen molar-refractivity contribution in [3.63, 3.8) is 0 Å². The molecule has 0 aliphatic carbocycles. The molecule has 7 nitrogen and oxygen atoms in total. The Labute approximate surface area is 151 Å². The van der Waals surface area contributed by atoms with Crippen LogP contribution in [-0.2, 0) is 11.3 Å². The van der Waals surface area contributed by atoms with Gasteiger partial charge in [-0.15, -0.1) is 0 Å². The molecule has 1 saturated heterocycles. The lowest BCUT2D eigenvalue weighted by molar-refractivity contribution is 0.0362. The molecule has 7 heteroatoms. The third kappa shape index (κ3) is 3.44. The fraction of sp³-hybridized carbons (Fsp3) is 0.316. The van der Waals surface area contributed by atoms with Crippen molar-refractivity contribution in [1.29, 1.82) is 0 Å². The number of hydrogen-bond donors (Lipinski definition) is 1. The molecular formula is C19H21N5O2. The van der Waals surface area contributed by atoms with Crippen LogP contribution in [0.5, 0.6) is 0 Å². The van der Waals surface area contributed by atoms with Gasteiger partial charge in [0.2, 0.25) is 0 Å². The summed E-state index contributed by atoms with van der Waals surface area (Å²) in [6, 6.07) is 9.35. The summed E-state index contributed by atoms with van der Waals surface area (Å²) in [7, 11) is 0. The third-order valence-corrected chi connectivity index (χ3v) is 4.70. The van der Waals surface area contributed by atoms with Gasteiger partial charge in [-0.3, -0.25) is 14.3 Å². The summed E-state index contributed by atoms with van der Waals surface area (Å²) >= 11 is 0. The number of benzene rings is 1. The number of anilines is 1. The lowest BCUT2D eigenvalue weighted by Gasteiger charge is -2.26. The Bertz CT molecular complexity index is 962. The van der Waals surface area contributed by atoms with E-state index in [1.165, 1.54) is 0 Å². The molecule has 0 spiro atoms. The second-order valence-electron chi connectivity index (χ2n) is 6.40. The topological polar surface area (TPSA) is 86.3 Å². The van der Waals surface area contributed by atoms with Gasteiger partial charge in [-0.1, -0.05) is 6.07 Å². The summed E-state index contributed by atoms with van der Waals surface area (Å²) in [5.74, 6) is 0.474. The number of ether oxygens (including phenoxy) is 1. The zero-order chi connectivity index (χ0) is 17.9. The molecule has 1 fully saturated rings. The maximum absolute atomic E-state index is 12.9. The number of hydrogen-bond acceptors (Lipinski definition) is 6. The molecule has 1 aliphatic rings. The average molecular weight is 351 g/mol. The molecule has 2 N–H and O–H groups in total. The first kappa shape index (κ1) is 16.7. The number of nitrogens with zero attached hydrogens (tertiary/aromatic N) is 4. The van der Waals surface area contributed by atoms with E-state index in [0.29, 0.717) is 23.3 Å². The van der Waals surface area contributed by atoms with Crippen LogP contribution in [-0.4, -0.2) is 52.3 Å². The maximum atomic E-state index is 12.9. The SMILES string of the molecule is Nc1ccc(-c2ccc3ncn(CCN4CCOCC4)c(=O)c3c2)cn1. The van der Waals surface area contributed by atoms with E-state index in [2.05, 4.69) is 14.9 Å². The van der Waals surface area contributed by atoms with Crippen molar-refractivity contribution in [3.8, 4) is 11.1 Å². The molecule has 4 rings (SSSR count). The van der Waals surface area contributed by atoms with Crippen molar-refractivity contribution in [2.75, 3.05) is 38.6 Å². The molecule has 0 saturated carbocycles. The van der Waals surface area contributed by atoms with Gasteiger partial charge in [0.05, 0.1) is 30.4 Å². The Kier molecular flexibility index (Phi) is 4.64. The Morgan fingerprint density at radius 3 is 2.62 bits per heavy atom. The number of pyridine rings is 1. The molecule has 2 aromatic heterocycles.